The Morgan fingerprint density at radius 2 is 0.340 bits per heavy atom. The van der Waals surface area contributed by atoms with E-state index in [4.69, 9.17) is 4.42 Å². The van der Waals surface area contributed by atoms with Gasteiger partial charge in [0.1, 0.15) is 11.2 Å². The predicted molar refractivity (Wildman–Crippen MR) is 628 cm³/mol. The minimum Gasteiger partial charge on any atom is -0.456 e. The van der Waals surface area contributed by atoms with Crippen LogP contribution in [0.1, 0.15) is 150 Å². The highest BCUT2D eigenvalue weighted by atomic mass is 16.3. The van der Waals surface area contributed by atoms with E-state index in [1.165, 1.54) is 276 Å². The molecule has 0 amide bonds. The monoisotopic (exact) mass is 1920 g/mol. The fourth-order valence-electron chi connectivity index (χ4n) is 29.1. The molecule has 27 aromatic rings. The van der Waals surface area contributed by atoms with E-state index in [1.807, 2.05) is 0 Å². The normalized spacial score (nSPS) is 15.3. The third-order valence-electron chi connectivity index (χ3n) is 36.8. The van der Waals surface area contributed by atoms with E-state index in [0.29, 0.717) is 0 Å². The van der Waals surface area contributed by atoms with E-state index in [9.17, 15) is 0 Å². The van der Waals surface area contributed by atoms with Gasteiger partial charge in [-0.15, -0.1) is 0 Å². The molecular formula is C144H105N5O. The van der Waals surface area contributed by atoms with Crippen molar-refractivity contribution in [3.63, 3.8) is 0 Å². The molecule has 6 nitrogen and oxygen atoms in total. The van der Waals surface area contributed by atoms with Crippen LogP contribution in [0.5, 0.6) is 0 Å². The summed E-state index contributed by atoms with van der Waals surface area (Å²) in [7, 11) is 0. The first-order valence-corrected chi connectivity index (χ1v) is 53.3. The van der Waals surface area contributed by atoms with Crippen LogP contribution in [0.3, 0.4) is 0 Å². The molecule has 0 saturated heterocycles. The van der Waals surface area contributed by atoms with E-state index < -0.39 is 0 Å². The Balaban J connectivity index is 0.000000133. The first-order valence-electron chi connectivity index (χ1n) is 53.3. The second-order valence-electron chi connectivity index (χ2n) is 46.6. The second kappa shape index (κ2) is 29.7. The number of furan rings is 1. The quantitative estimate of drug-likeness (QED) is 0.157. The van der Waals surface area contributed by atoms with Gasteiger partial charge in [0.2, 0.25) is 0 Å². The van der Waals surface area contributed by atoms with Gasteiger partial charge in [-0.2, -0.15) is 0 Å². The lowest BCUT2D eigenvalue weighted by Crippen LogP contribution is -2.15. The molecule has 0 saturated carbocycles. The molecule has 33 rings (SSSR count). The van der Waals surface area contributed by atoms with Gasteiger partial charge in [-0.3, -0.25) is 0 Å². The van der Waals surface area contributed by atoms with Gasteiger partial charge >= 0.3 is 0 Å². The molecule has 0 unspecified atom stereocenters. The third-order valence-corrected chi connectivity index (χ3v) is 36.8. The van der Waals surface area contributed by atoms with Crippen LogP contribution in [0.4, 0.5) is 0 Å². The van der Waals surface area contributed by atoms with Gasteiger partial charge in [0, 0.05) is 126 Å². The molecule has 0 aliphatic heterocycles. The first kappa shape index (κ1) is 85.6. The summed E-state index contributed by atoms with van der Waals surface area (Å²) in [6.45, 7) is 28.6. The molecule has 150 heavy (non-hydrogen) atoms. The minimum atomic E-state index is -0.133. The van der Waals surface area contributed by atoms with Crippen molar-refractivity contribution in [2.75, 3.05) is 0 Å². The van der Waals surface area contributed by atoms with Crippen LogP contribution < -0.4 is 0 Å². The summed E-state index contributed by atoms with van der Waals surface area (Å²) >= 11 is 0. The molecule has 0 atom stereocenters. The summed E-state index contributed by atoms with van der Waals surface area (Å²) in [5.41, 5.74) is 56.7. The molecule has 712 valence electrons. The molecule has 6 aromatic heterocycles. The molecule has 0 fully saturated rings. The van der Waals surface area contributed by atoms with Crippen molar-refractivity contribution in [1.29, 1.82) is 0 Å². The highest BCUT2D eigenvalue weighted by Crippen LogP contribution is 2.61. The number of hydrogen-bond acceptors (Lipinski definition) is 1. The van der Waals surface area contributed by atoms with Gasteiger partial charge in [0.15, 0.2) is 0 Å². The lowest BCUT2D eigenvalue weighted by molar-refractivity contribution is 0.660. The van der Waals surface area contributed by atoms with Gasteiger partial charge in [-0.1, -0.05) is 332 Å². The molecule has 0 radical (unpaired) electrons. The van der Waals surface area contributed by atoms with Crippen molar-refractivity contribution in [1.82, 2.24) is 22.8 Å². The first-order chi connectivity index (χ1) is 72.9. The molecular weight excluding hydrogens is 1820 g/mol. The Morgan fingerprint density at radius 1 is 0.133 bits per heavy atom. The molecule has 0 bridgehead atoms. The Bertz CT molecular complexity index is 10500. The molecule has 6 aliphatic carbocycles. The maximum absolute atomic E-state index is 6.51. The van der Waals surface area contributed by atoms with Gasteiger partial charge in [0.05, 0.1) is 55.2 Å². The fourth-order valence-corrected chi connectivity index (χ4v) is 29.1. The van der Waals surface area contributed by atoms with E-state index >= 15 is 0 Å². The summed E-state index contributed by atoms with van der Waals surface area (Å²) in [6, 6.07) is 159. The summed E-state index contributed by atoms with van der Waals surface area (Å²) in [4.78, 5) is 0. The van der Waals surface area contributed by atoms with E-state index in [0.717, 1.165) is 39.0 Å². The molecule has 6 heterocycles. The maximum Gasteiger partial charge on any atom is 0.136 e. The Morgan fingerprint density at radius 3 is 0.633 bits per heavy atom. The van der Waals surface area contributed by atoms with Crippen LogP contribution in [-0.4, -0.2) is 22.8 Å². The third kappa shape index (κ3) is 11.4. The highest BCUT2D eigenvalue weighted by Gasteiger charge is 2.45. The number of hydrogen-bond donors (Lipinski definition) is 0. The van der Waals surface area contributed by atoms with Crippen LogP contribution in [0.25, 0.3) is 248 Å². The summed E-state index contributed by atoms with van der Waals surface area (Å²) in [5.74, 6) is 0. The standard InChI is InChI=1S/C75H55N3.C69H50N2O/c1-73(2)61-24-14-10-20-49(61)53-36-56-57-37-54-50-21-11-15-25-62(50)74(3,4)65(54)42-71(57)78(70(56)41-64(53)73)48-34-30-45(31-35-48)44-28-32-47(33-29-44)77-69-39-59-52-23-13-17-27-67(52)76(46-18-8-7-9-19-46)68(59)40-60(69)58-38-55-51-22-12-16-26-63(51)75(5,6)66(55)43-72(58)77;1-67(2)55-19-11-7-15-43(55)47-31-50-51-32-48-44-16-8-12-20-56(44)68(3,4)59(48)37-63(51)71(62(50)36-58(47)67)42-29-25-40(26-30-42)39-23-27-41(28-24-39)70-61-34-54-46-18-10-14-22-65(46)72-66(54)35-53(61)52-33-49-45-17-9-13-21-57(45)69(5,6)60(49)38-64(52)70/h7-43H,1-6H3;7-38H,1-6H3. The predicted octanol–water partition coefficient (Wildman–Crippen LogP) is 37.9. The highest BCUT2D eigenvalue weighted by molar-refractivity contribution is 6.23. The van der Waals surface area contributed by atoms with E-state index in [2.05, 4.69) is 524 Å². The number of fused-ring (bicyclic) bond motifs is 36. The van der Waals surface area contributed by atoms with Crippen molar-refractivity contribution in [2.24, 2.45) is 0 Å². The van der Waals surface area contributed by atoms with E-state index in [1.54, 1.807) is 0 Å². The number of para-hydroxylation sites is 3. The molecule has 0 N–H and O–H groups in total. The van der Waals surface area contributed by atoms with Crippen molar-refractivity contribution >= 4 is 131 Å². The van der Waals surface area contributed by atoms with Crippen molar-refractivity contribution in [2.45, 2.75) is 116 Å². The Labute approximate surface area is 870 Å². The van der Waals surface area contributed by atoms with Crippen LogP contribution in [0.15, 0.2) is 423 Å². The SMILES string of the molecule is CC1(C)c2ccccc2-c2cc3c4cc5c(cc4n(-c4ccc(-c6ccc(-n7c8cc9c(cc8c8cc%10c(cc87)c7ccccc7n%10-c7ccccc7)-c7ccccc7C9(C)C)cc6)cc4)c3cc21)C(C)(C)c1ccccc1-5.CC1(C)c2ccccc2-c2cc3c4cc5c(cc4n(-c4ccc(-c6ccc(-n7c8cc9c(cc8c8cc%10oc%11ccccc%11c%10cc87)-c7ccccc7C9(C)C)cc6)cc4)c3cc21)C(C)(C)c1ccccc1-5. The Kier molecular flexibility index (Phi) is 16.9. The smallest absolute Gasteiger partial charge is 0.136 e. The van der Waals surface area contributed by atoms with Crippen molar-refractivity contribution in [3.8, 4) is 117 Å². The van der Waals surface area contributed by atoms with Crippen LogP contribution in [0.2, 0.25) is 0 Å². The van der Waals surface area contributed by atoms with Crippen LogP contribution >= 0.6 is 0 Å². The lowest BCUT2D eigenvalue weighted by Gasteiger charge is -2.22. The second-order valence-corrected chi connectivity index (χ2v) is 46.6. The zero-order valence-corrected chi connectivity index (χ0v) is 86.0. The number of benzene rings is 21. The van der Waals surface area contributed by atoms with Gasteiger partial charge in [0.25, 0.3) is 0 Å². The van der Waals surface area contributed by atoms with Gasteiger partial charge in [-0.25, -0.2) is 0 Å². The van der Waals surface area contributed by atoms with Crippen molar-refractivity contribution in [3.05, 3.63) is 485 Å². The number of nitrogens with zero attached hydrogens (tertiary/aromatic N) is 5. The summed E-state index contributed by atoms with van der Waals surface area (Å²) < 4.78 is 19.0. The molecule has 0 spiro atoms. The van der Waals surface area contributed by atoms with Gasteiger partial charge < -0.3 is 27.3 Å². The van der Waals surface area contributed by atoms with Crippen molar-refractivity contribution < 1.29 is 4.42 Å². The average Bonchev–Trinajstić information content (AvgIpc) is 1.65. The minimum absolute atomic E-state index is 0.109. The topological polar surface area (TPSA) is 37.8 Å². The Hall–Kier alpha value is -17.6. The van der Waals surface area contributed by atoms with Crippen LogP contribution in [-0.2, 0) is 32.5 Å². The van der Waals surface area contributed by atoms with Gasteiger partial charge in [-0.05, 0) is 326 Å². The molecule has 6 aliphatic rings. The van der Waals surface area contributed by atoms with Crippen LogP contribution in [0, 0.1) is 0 Å². The summed E-state index contributed by atoms with van der Waals surface area (Å²) in [6.07, 6.45) is 0. The number of aromatic nitrogens is 5. The molecule has 21 aromatic carbocycles. The number of rotatable bonds is 7. The van der Waals surface area contributed by atoms with E-state index in [-0.39, 0.29) is 32.5 Å². The zero-order valence-electron chi connectivity index (χ0n) is 86.0. The maximum atomic E-state index is 6.51. The fraction of sp³-hybridized carbons (Fsp3) is 0.125. The lowest BCUT2D eigenvalue weighted by atomic mass is 9.82. The largest absolute Gasteiger partial charge is 0.456 e. The summed E-state index contributed by atoms with van der Waals surface area (Å²) in [5, 5.41) is 14.9. The molecule has 6 heteroatoms. The zero-order chi connectivity index (χ0) is 100. The average molecular weight is 1920 g/mol.